The second-order valence-electron chi connectivity index (χ2n) is 9.21. The smallest absolute Gasteiger partial charge is 0.256 e. The highest BCUT2D eigenvalue weighted by atomic mass is 16.5. The molecule has 4 rings (SSSR count). The van der Waals surface area contributed by atoms with Crippen LogP contribution in [0.1, 0.15) is 69.9 Å². The summed E-state index contributed by atoms with van der Waals surface area (Å²) in [6.07, 6.45) is 7.08. The van der Waals surface area contributed by atoms with Gasteiger partial charge in [-0.3, -0.25) is 14.7 Å². The molecule has 1 saturated carbocycles. The van der Waals surface area contributed by atoms with E-state index in [4.69, 9.17) is 9.73 Å². The molecule has 0 saturated heterocycles. The van der Waals surface area contributed by atoms with Crippen molar-refractivity contribution in [3.05, 3.63) is 53.6 Å². The molecular formula is C27H35BN2O2. The zero-order valence-electron chi connectivity index (χ0n) is 19.8. The van der Waals surface area contributed by atoms with Crippen molar-refractivity contribution < 1.29 is 9.53 Å². The molecule has 4 nitrogen and oxygen atoms in total. The molecule has 1 fully saturated rings. The van der Waals surface area contributed by atoms with Gasteiger partial charge in [0.15, 0.2) is 0 Å². The number of amides is 1. The number of carbonyl (C=O) groups excluding carboxylic acids is 1. The highest BCUT2D eigenvalue weighted by Crippen LogP contribution is 2.40. The van der Waals surface area contributed by atoms with Crippen molar-refractivity contribution in [1.82, 2.24) is 4.90 Å². The van der Waals surface area contributed by atoms with Crippen LogP contribution in [0.15, 0.2) is 47.5 Å². The number of nitrogens with zero attached hydrogens (tertiary/aromatic N) is 2. The third-order valence-corrected chi connectivity index (χ3v) is 6.89. The molecule has 2 aromatic carbocycles. The second-order valence-corrected chi connectivity index (χ2v) is 9.21. The standard InChI is InChI=1S/C27H35BN2O2/c1-3-5-12-25-29-27(15-8-9-16-27)26(31)30(25)18-20-13-14-22(21(17-20)19-32-4-2)23-10-6-7-11-24(23)28/h6-7,10-11,13-14,17H,3-5,8-9,12,15-16,18-19,28H2,1-2H3. The lowest BCUT2D eigenvalue weighted by molar-refractivity contribution is -0.131. The molecule has 0 atom stereocenters. The van der Waals surface area contributed by atoms with Crippen molar-refractivity contribution in [2.24, 2.45) is 4.99 Å². The van der Waals surface area contributed by atoms with E-state index in [9.17, 15) is 4.79 Å². The van der Waals surface area contributed by atoms with Crippen molar-refractivity contribution in [3.63, 3.8) is 0 Å². The van der Waals surface area contributed by atoms with E-state index in [2.05, 4.69) is 57.2 Å². The van der Waals surface area contributed by atoms with Gasteiger partial charge in [0.1, 0.15) is 19.2 Å². The minimum atomic E-state index is -0.474. The third kappa shape index (κ3) is 4.54. The Hall–Kier alpha value is -2.40. The van der Waals surface area contributed by atoms with E-state index in [-0.39, 0.29) is 5.91 Å². The Morgan fingerprint density at radius 1 is 1.09 bits per heavy atom. The lowest BCUT2D eigenvalue weighted by atomic mass is 9.85. The molecule has 0 unspecified atom stereocenters. The summed E-state index contributed by atoms with van der Waals surface area (Å²) in [6, 6.07) is 15.1. The van der Waals surface area contributed by atoms with Gasteiger partial charge in [0, 0.05) is 13.0 Å². The molecule has 1 heterocycles. The first-order chi connectivity index (χ1) is 15.6. The summed E-state index contributed by atoms with van der Waals surface area (Å²) in [7, 11) is 2.15. The summed E-state index contributed by atoms with van der Waals surface area (Å²) in [5, 5.41) is 0. The predicted octanol–water partition coefficient (Wildman–Crippen LogP) is 4.39. The lowest BCUT2D eigenvalue weighted by Crippen LogP contribution is -2.40. The first kappa shape index (κ1) is 22.8. The van der Waals surface area contributed by atoms with Gasteiger partial charge in [-0.1, -0.05) is 74.1 Å². The minimum absolute atomic E-state index is 0.218. The van der Waals surface area contributed by atoms with E-state index in [1.54, 1.807) is 0 Å². The molecule has 0 bridgehead atoms. The van der Waals surface area contributed by atoms with Crippen LogP contribution in [0, 0.1) is 0 Å². The van der Waals surface area contributed by atoms with Gasteiger partial charge in [0.2, 0.25) is 0 Å². The van der Waals surface area contributed by atoms with E-state index in [0.717, 1.165) is 56.3 Å². The van der Waals surface area contributed by atoms with E-state index in [1.807, 2.05) is 11.8 Å². The van der Waals surface area contributed by atoms with Crippen molar-refractivity contribution in [3.8, 4) is 11.1 Å². The quantitative estimate of drug-likeness (QED) is 0.554. The van der Waals surface area contributed by atoms with Crippen molar-refractivity contribution in [2.75, 3.05) is 6.61 Å². The van der Waals surface area contributed by atoms with Gasteiger partial charge in [-0.2, -0.15) is 0 Å². The number of aliphatic imine (C=N–C) groups is 1. The normalized spacial score (nSPS) is 17.4. The number of carbonyl (C=O) groups is 1. The number of benzene rings is 2. The van der Waals surface area contributed by atoms with Crippen LogP contribution in [0.4, 0.5) is 0 Å². The Morgan fingerprint density at radius 3 is 2.59 bits per heavy atom. The van der Waals surface area contributed by atoms with Crippen LogP contribution < -0.4 is 5.46 Å². The summed E-state index contributed by atoms with van der Waals surface area (Å²) in [5.41, 5.74) is 5.54. The van der Waals surface area contributed by atoms with Gasteiger partial charge in [0.25, 0.3) is 5.91 Å². The maximum absolute atomic E-state index is 13.5. The maximum Gasteiger partial charge on any atom is 0.256 e. The maximum atomic E-state index is 13.5. The third-order valence-electron chi connectivity index (χ3n) is 6.89. The van der Waals surface area contributed by atoms with E-state index < -0.39 is 5.54 Å². The number of ether oxygens (including phenoxy) is 1. The molecule has 2 aliphatic rings. The molecule has 2 aromatic rings. The number of unbranched alkanes of at least 4 members (excludes halogenated alkanes) is 1. The highest BCUT2D eigenvalue weighted by Gasteiger charge is 2.49. The lowest BCUT2D eigenvalue weighted by Gasteiger charge is -2.23. The molecule has 168 valence electrons. The summed E-state index contributed by atoms with van der Waals surface area (Å²) in [4.78, 5) is 20.5. The van der Waals surface area contributed by atoms with Crippen LogP contribution in [-0.4, -0.2) is 36.6 Å². The zero-order chi connectivity index (χ0) is 22.6. The number of hydrogen-bond acceptors (Lipinski definition) is 3. The van der Waals surface area contributed by atoms with Gasteiger partial charge < -0.3 is 4.74 Å². The van der Waals surface area contributed by atoms with Gasteiger partial charge >= 0.3 is 0 Å². The molecule has 0 radical (unpaired) electrons. The van der Waals surface area contributed by atoms with E-state index in [1.165, 1.54) is 22.2 Å². The van der Waals surface area contributed by atoms with Crippen LogP contribution >= 0.6 is 0 Å². The Balaban J connectivity index is 1.63. The SMILES string of the molecule is Bc1ccccc1-c1ccc(CN2C(=O)C3(CCCC3)N=C2CCCC)cc1COCC. The van der Waals surface area contributed by atoms with Gasteiger partial charge in [0.05, 0.1) is 13.2 Å². The van der Waals surface area contributed by atoms with Crippen molar-refractivity contribution >= 4 is 25.1 Å². The van der Waals surface area contributed by atoms with Gasteiger partial charge in [-0.05, 0) is 48.4 Å². The largest absolute Gasteiger partial charge is 0.377 e. The van der Waals surface area contributed by atoms with Crippen molar-refractivity contribution in [2.45, 2.75) is 77.5 Å². The molecule has 0 aromatic heterocycles. The van der Waals surface area contributed by atoms with E-state index in [0.29, 0.717) is 19.8 Å². The average Bonchev–Trinajstić information content (AvgIpc) is 3.38. The molecule has 1 spiro atoms. The highest BCUT2D eigenvalue weighted by molar-refractivity contribution is 6.36. The summed E-state index contributed by atoms with van der Waals surface area (Å²) in [5.74, 6) is 1.21. The van der Waals surface area contributed by atoms with Crippen molar-refractivity contribution in [1.29, 1.82) is 0 Å². The fourth-order valence-corrected chi connectivity index (χ4v) is 5.10. The number of amidine groups is 1. The molecule has 1 aliphatic heterocycles. The molecule has 0 N–H and O–H groups in total. The van der Waals surface area contributed by atoms with Crippen LogP contribution in [-0.2, 0) is 22.7 Å². The van der Waals surface area contributed by atoms with Gasteiger partial charge in [-0.15, -0.1) is 0 Å². The van der Waals surface area contributed by atoms with E-state index >= 15 is 0 Å². The Morgan fingerprint density at radius 2 is 1.88 bits per heavy atom. The summed E-state index contributed by atoms with van der Waals surface area (Å²) < 4.78 is 5.81. The van der Waals surface area contributed by atoms with Gasteiger partial charge in [-0.25, -0.2) is 0 Å². The fourth-order valence-electron chi connectivity index (χ4n) is 5.10. The summed E-state index contributed by atoms with van der Waals surface area (Å²) in [6.45, 7) is 6.06. The first-order valence-electron chi connectivity index (χ1n) is 12.2. The van der Waals surface area contributed by atoms with Crippen LogP contribution in [0.25, 0.3) is 11.1 Å². The Bertz CT molecular complexity index is 995. The fraction of sp³-hybridized carbons (Fsp3) is 0.481. The molecule has 5 heteroatoms. The monoisotopic (exact) mass is 430 g/mol. The van der Waals surface area contributed by atoms with Crippen LogP contribution in [0.5, 0.6) is 0 Å². The summed E-state index contributed by atoms with van der Waals surface area (Å²) >= 11 is 0. The van der Waals surface area contributed by atoms with Crippen LogP contribution in [0.2, 0.25) is 0 Å². The number of rotatable bonds is 9. The minimum Gasteiger partial charge on any atom is -0.377 e. The predicted molar refractivity (Wildman–Crippen MR) is 134 cm³/mol. The first-order valence-corrected chi connectivity index (χ1v) is 12.2. The molecule has 1 aliphatic carbocycles. The molecule has 1 amide bonds. The Labute approximate surface area is 193 Å². The Kier molecular flexibility index (Phi) is 7.15. The topological polar surface area (TPSA) is 41.9 Å². The second kappa shape index (κ2) is 10.0. The average molecular weight is 430 g/mol. The zero-order valence-corrected chi connectivity index (χ0v) is 19.8. The molecule has 32 heavy (non-hydrogen) atoms. The van der Waals surface area contributed by atoms with Crippen LogP contribution in [0.3, 0.4) is 0 Å². The number of hydrogen-bond donors (Lipinski definition) is 0. The molecular weight excluding hydrogens is 395 g/mol.